The highest BCUT2D eigenvalue weighted by molar-refractivity contribution is 7.80. The Hall–Kier alpha value is -1.88. The van der Waals surface area contributed by atoms with Crippen molar-refractivity contribution < 1.29 is 17.2 Å². The highest BCUT2D eigenvalue weighted by atomic mass is 32.3. The average Bonchev–Trinajstić information content (AvgIpc) is 3.06. The molecule has 2 aromatic rings. The Bertz CT molecular complexity index is 807. The molecule has 1 N–H and O–H groups in total. The summed E-state index contributed by atoms with van der Waals surface area (Å²) >= 11 is 1.42. The third-order valence-corrected chi connectivity index (χ3v) is 4.51. The molecule has 1 heterocycles. The van der Waals surface area contributed by atoms with Gasteiger partial charge in [-0.25, -0.2) is 9.17 Å². The molecule has 0 spiro atoms. The Morgan fingerprint density at radius 3 is 2.76 bits per heavy atom. The maximum atomic E-state index is 10.5. The molecule has 0 saturated carbocycles. The van der Waals surface area contributed by atoms with Crippen molar-refractivity contribution in [2.75, 3.05) is 24.6 Å². The van der Waals surface area contributed by atoms with Gasteiger partial charge in [-0.15, -0.1) is 21.6 Å². The molecule has 0 unspecified atom stereocenters. The molecule has 0 atom stereocenters. The quantitative estimate of drug-likeness (QED) is 0.399. The van der Waals surface area contributed by atoms with Crippen LogP contribution < -0.4 is 4.90 Å². The lowest BCUT2D eigenvalue weighted by atomic mass is 10.1. The predicted molar refractivity (Wildman–Crippen MR) is 97.5 cm³/mol. The summed E-state index contributed by atoms with van der Waals surface area (Å²) in [7, 11) is -4.38. The highest BCUT2D eigenvalue weighted by Gasteiger charge is 2.08. The Morgan fingerprint density at radius 2 is 2.16 bits per heavy atom. The lowest BCUT2D eigenvalue weighted by Crippen LogP contribution is -2.25. The van der Waals surface area contributed by atoms with Gasteiger partial charge >= 0.3 is 10.4 Å². The molecule has 1 aromatic heterocycles. The van der Waals surface area contributed by atoms with Crippen molar-refractivity contribution in [2.45, 2.75) is 20.3 Å². The number of hydrogen-bond donors (Lipinski definition) is 1. The van der Waals surface area contributed by atoms with Gasteiger partial charge in [0.25, 0.3) is 0 Å². The van der Waals surface area contributed by atoms with Gasteiger partial charge in [-0.1, -0.05) is 0 Å². The zero-order valence-corrected chi connectivity index (χ0v) is 15.6. The number of anilines is 1. The molecule has 0 amide bonds. The molecule has 1 aromatic carbocycles. The van der Waals surface area contributed by atoms with Crippen molar-refractivity contribution in [3.05, 3.63) is 35.3 Å². The number of aromatic nitrogens is 1. The van der Waals surface area contributed by atoms with Crippen LogP contribution in [0, 0.1) is 6.92 Å². The average molecular weight is 384 g/mol. The first-order valence-electron chi connectivity index (χ1n) is 7.67. The van der Waals surface area contributed by atoms with Gasteiger partial charge in [-0.05, 0) is 44.0 Å². The summed E-state index contributed by atoms with van der Waals surface area (Å²) in [5.74, 6) is 0. The number of rotatable bonds is 9. The van der Waals surface area contributed by atoms with Crippen LogP contribution in [-0.4, -0.2) is 37.7 Å². The SMILES string of the molecule is CCN(CCCOS(=O)(=O)O)c1ccc(N=Nc2nccs2)c(C)c1. The number of aryl methyl sites for hydroxylation is 1. The van der Waals surface area contributed by atoms with E-state index in [1.807, 2.05) is 37.4 Å². The molecular weight excluding hydrogens is 364 g/mol. The van der Waals surface area contributed by atoms with Gasteiger partial charge in [0.05, 0.1) is 12.3 Å². The van der Waals surface area contributed by atoms with Gasteiger partial charge in [0, 0.05) is 30.4 Å². The van der Waals surface area contributed by atoms with Crippen LogP contribution in [0.3, 0.4) is 0 Å². The number of nitrogens with zero attached hydrogens (tertiary/aromatic N) is 4. The van der Waals surface area contributed by atoms with Crippen LogP contribution in [0.4, 0.5) is 16.5 Å². The Balaban J connectivity index is 1.99. The molecule has 0 aliphatic rings. The minimum atomic E-state index is -4.38. The first kappa shape index (κ1) is 19.4. The smallest absolute Gasteiger partial charge is 0.372 e. The van der Waals surface area contributed by atoms with Gasteiger partial charge < -0.3 is 4.90 Å². The second-order valence-electron chi connectivity index (χ2n) is 5.17. The van der Waals surface area contributed by atoms with E-state index in [-0.39, 0.29) is 6.61 Å². The van der Waals surface area contributed by atoms with Crippen LogP contribution in [0.25, 0.3) is 0 Å². The fourth-order valence-corrected chi connectivity index (χ4v) is 2.98. The molecule has 0 saturated heterocycles. The first-order chi connectivity index (χ1) is 11.9. The maximum Gasteiger partial charge on any atom is 0.397 e. The topological polar surface area (TPSA) is 104 Å². The highest BCUT2D eigenvalue weighted by Crippen LogP contribution is 2.27. The summed E-state index contributed by atoms with van der Waals surface area (Å²) in [6.45, 7) is 5.26. The van der Waals surface area contributed by atoms with Crippen molar-refractivity contribution in [2.24, 2.45) is 10.2 Å². The Kier molecular flexibility index (Phi) is 7.00. The minimum absolute atomic E-state index is 0.0611. The summed E-state index contributed by atoms with van der Waals surface area (Å²) < 4.78 is 34.0. The van der Waals surface area contributed by atoms with E-state index in [1.165, 1.54) is 11.3 Å². The van der Waals surface area contributed by atoms with Crippen molar-refractivity contribution in [1.82, 2.24) is 4.98 Å². The summed E-state index contributed by atoms with van der Waals surface area (Å²) in [4.78, 5) is 6.14. The van der Waals surface area contributed by atoms with E-state index in [9.17, 15) is 8.42 Å². The third kappa shape index (κ3) is 6.50. The molecule has 2 rings (SSSR count). The number of benzene rings is 1. The second kappa shape index (κ2) is 8.99. The standard InChI is InChI=1S/C15H20N4O4S2/c1-3-19(8-4-9-23-25(20,21)22)13-5-6-14(12(2)11-13)17-18-15-16-7-10-24-15/h5-7,10-11H,3-4,8-9H2,1-2H3,(H,20,21,22). The maximum absolute atomic E-state index is 10.5. The molecule has 136 valence electrons. The lowest BCUT2D eigenvalue weighted by molar-refractivity contribution is 0.266. The van der Waals surface area contributed by atoms with E-state index in [0.29, 0.717) is 18.1 Å². The van der Waals surface area contributed by atoms with E-state index in [4.69, 9.17) is 4.55 Å². The monoisotopic (exact) mass is 384 g/mol. The summed E-state index contributed by atoms with van der Waals surface area (Å²) in [6.07, 6.45) is 2.15. The minimum Gasteiger partial charge on any atom is -0.372 e. The Morgan fingerprint density at radius 1 is 1.36 bits per heavy atom. The fourth-order valence-electron chi connectivity index (χ4n) is 2.20. The van der Waals surface area contributed by atoms with Crippen LogP contribution in [0.2, 0.25) is 0 Å². The number of hydrogen-bond acceptors (Lipinski definition) is 8. The molecule has 0 fully saturated rings. The van der Waals surface area contributed by atoms with Crippen LogP contribution in [-0.2, 0) is 14.6 Å². The predicted octanol–water partition coefficient (Wildman–Crippen LogP) is 3.90. The van der Waals surface area contributed by atoms with Gasteiger partial charge in [0.1, 0.15) is 0 Å². The van der Waals surface area contributed by atoms with E-state index in [0.717, 1.165) is 23.5 Å². The van der Waals surface area contributed by atoms with Crippen LogP contribution >= 0.6 is 11.3 Å². The summed E-state index contributed by atoms with van der Waals surface area (Å²) in [5.41, 5.74) is 2.75. The van der Waals surface area contributed by atoms with Gasteiger partial charge in [0.2, 0.25) is 5.13 Å². The van der Waals surface area contributed by atoms with Crippen molar-refractivity contribution in [1.29, 1.82) is 0 Å². The van der Waals surface area contributed by atoms with E-state index in [1.54, 1.807) is 6.20 Å². The largest absolute Gasteiger partial charge is 0.397 e. The van der Waals surface area contributed by atoms with Crippen LogP contribution in [0.15, 0.2) is 40.0 Å². The van der Waals surface area contributed by atoms with Crippen LogP contribution in [0.1, 0.15) is 18.9 Å². The van der Waals surface area contributed by atoms with Gasteiger partial charge in [0.15, 0.2) is 0 Å². The molecule has 0 aliphatic heterocycles. The second-order valence-corrected chi connectivity index (χ2v) is 7.13. The van der Waals surface area contributed by atoms with Crippen molar-refractivity contribution in [3.63, 3.8) is 0 Å². The molecule has 8 nitrogen and oxygen atoms in total. The van der Waals surface area contributed by atoms with Crippen molar-refractivity contribution >= 4 is 38.2 Å². The van der Waals surface area contributed by atoms with E-state index >= 15 is 0 Å². The molecule has 10 heteroatoms. The van der Waals surface area contributed by atoms with Gasteiger partial charge in [-0.2, -0.15) is 8.42 Å². The molecule has 0 bridgehead atoms. The zero-order chi connectivity index (χ0) is 18.3. The summed E-state index contributed by atoms with van der Waals surface area (Å²) in [6, 6.07) is 5.83. The molecular formula is C15H20N4O4S2. The first-order valence-corrected chi connectivity index (χ1v) is 9.92. The van der Waals surface area contributed by atoms with E-state index < -0.39 is 10.4 Å². The number of thiazole rings is 1. The molecule has 25 heavy (non-hydrogen) atoms. The molecule has 0 radical (unpaired) electrons. The van der Waals surface area contributed by atoms with E-state index in [2.05, 4.69) is 24.3 Å². The summed E-state index contributed by atoms with van der Waals surface area (Å²) in [5, 5.41) is 10.8. The van der Waals surface area contributed by atoms with Crippen LogP contribution in [0.5, 0.6) is 0 Å². The Labute approximate surface area is 151 Å². The normalized spacial score (nSPS) is 12.0. The fraction of sp³-hybridized carbons (Fsp3) is 0.400. The van der Waals surface area contributed by atoms with Gasteiger partial charge in [-0.3, -0.25) is 4.55 Å². The third-order valence-electron chi connectivity index (χ3n) is 3.39. The lowest BCUT2D eigenvalue weighted by Gasteiger charge is -2.23. The van der Waals surface area contributed by atoms with Crippen molar-refractivity contribution in [3.8, 4) is 0 Å². The number of azo groups is 1. The zero-order valence-electron chi connectivity index (χ0n) is 14.0. The molecule has 0 aliphatic carbocycles.